The van der Waals surface area contributed by atoms with Gasteiger partial charge in [0.15, 0.2) is 17.3 Å². The van der Waals surface area contributed by atoms with Crippen molar-refractivity contribution in [2.24, 2.45) is 46.8 Å². The van der Waals surface area contributed by atoms with Crippen molar-refractivity contribution in [2.45, 2.75) is 141 Å². The Kier molecular flexibility index (Phi) is 29.4. The molecule has 0 radical (unpaired) electrons. The summed E-state index contributed by atoms with van der Waals surface area (Å²) < 4.78 is 0. The molecule has 0 saturated heterocycles. The lowest BCUT2D eigenvalue weighted by molar-refractivity contribution is -0.142. The van der Waals surface area contributed by atoms with Crippen molar-refractivity contribution in [3.63, 3.8) is 0 Å². The number of carboxylic acids is 1. The number of aliphatic hydroxyl groups is 2. The van der Waals surface area contributed by atoms with Gasteiger partial charge in [0.05, 0.1) is 49.1 Å². The van der Waals surface area contributed by atoms with E-state index in [1.807, 2.05) is 13.8 Å². The first kappa shape index (κ1) is 61.1. The second kappa shape index (κ2) is 32.7. The Bertz CT molecular complexity index is 1800. The molecule has 0 spiro atoms. The minimum atomic E-state index is -1.72. The van der Waals surface area contributed by atoms with E-state index in [2.05, 4.69) is 21.3 Å². The van der Waals surface area contributed by atoms with E-state index in [0.29, 0.717) is 43.5 Å². The van der Waals surface area contributed by atoms with Gasteiger partial charge in [0, 0.05) is 31.1 Å². The smallest absolute Gasteiger partial charge is 0.305 e. The molecule has 0 saturated carbocycles. The third-order valence-corrected chi connectivity index (χ3v) is 12.2. The van der Waals surface area contributed by atoms with Crippen molar-refractivity contribution >= 4 is 64.6 Å². The number of aliphatic hydroxyl groups excluding tert-OH is 2. The predicted molar refractivity (Wildman–Crippen MR) is 257 cm³/mol. The van der Waals surface area contributed by atoms with Crippen LogP contribution in [0.25, 0.3) is 0 Å². The Morgan fingerprint density at radius 2 is 1.12 bits per heavy atom. The van der Waals surface area contributed by atoms with Gasteiger partial charge in [-0.2, -0.15) is 11.8 Å². The average Bonchev–Trinajstić information content (AvgIpc) is 3.27. The number of hydrogen-bond acceptors (Lipinski definition) is 15. The van der Waals surface area contributed by atoms with E-state index in [1.165, 1.54) is 37.7 Å². The first-order chi connectivity index (χ1) is 32.1. The molecule has 21 heteroatoms. The molecule has 5 amide bonds. The standard InChI is InChI=1S/C47H77N7O13S/c1-27(2)20-38(43(50)63)54-46(66)32(11-7-9-18-49)22-39(58)36(21-30-12-14-33(57)15-13-30)52-45(65)31(10-6-8-17-48)23-40(59)37(25-42(61)62)53-47(67)34(29(4)56)24-41(60)35(16-19-68-5)51-44(64)28(3)26-55/h12-15,27-29,31-32,34-38,55-57H,6-11,16-26,48-49H2,1-5H3,(H2,50,63)(H,51,64)(H,52,65)(H,53,67)(H,54,66)(H,61,62)/t28-,29+,31+,32+,34-,35-,36-,37-,38-/m0/s1. The zero-order valence-electron chi connectivity index (χ0n) is 40.2. The lowest BCUT2D eigenvalue weighted by atomic mass is 9.88. The quantitative estimate of drug-likeness (QED) is 0.0407. The van der Waals surface area contributed by atoms with Gasteiger partial charge in [-0.3, -0.25) is 43.2 Å². The maximum Gasteiger partial charge on any atom is 0.305 e. The van der Waals surface area contributed by atoms with E-state index in [0.717, 1.165) is 0 Å². The number of aromatic hydroxyl groups is 1. The molecule has 0 bridgehead atoms. The molecule has 1 aromatic rings. The number of nitrogens with two attached hydrogens (primary N) is 3. The Morgan fingerprint density at radius 1 is 0.632 bits per heavy atom. The molecule has 20 nitrogen and oxygen atoms in total. The summed E-state index contributed by atoms with van der Waals surface area (Å²) in [5, 5.41) is 50.2. The molecular weight excluding hydrogens is 903 g/mol. The van der Waals surface area contributed by atoms with Crippen LogP contribution < -0.4 is 38.5 Å². The summed E-state index contributed by atoms with van der Waals surface area (Å²) in [7, 11) is 0. The molecule has 1 rings (SSSR count). The van der Waals surface area contributed by atoms with Crippen LogP contribution in [-0.2, 0) is 49.6 Å². The third kappa shape index (κ3) is 23.4. The minimum absolute atomic E-state index is 0.00397. The number of hydrogen-bond donors (Lipinski definition) is 11. The number of phenolic OH excluding ortho intramolecular Hbond substituents is 1. The molecule has 384 valence electrons. The fourth-order valence-electron chi connectivity index (χ4n) is 7.39. The summed E-state index contributed by atoms with van der Waals surface area (Å²) in [6.07, 6.45) is 0.242. The van der Waals surface area contributed by atoms with Crippen LogP contribution >= 0.6 is 11.8 Å². The highest BCUT2D eigenvalue weighted by Crippen LogP contribution is 2.22. The number of benzene rings is 1. The predicted octanol–water partition coefficient (Wildman–Crippen LogP) is 0.627. The number of carbonyl (C=O) groups excluding carboxylic acids is 8. The zero-order chi connectivity index (χ0) is 51.5. The van der Waals surface area contributed by atoms with Crippen LogP contribution in [0.15, 0.2) is 24.3 Å². The van der Waals surface area contributed by atoms with Gasteiger partial charge in [0.1, 0.15) is 11.8 Å². The number of carbonyl (C=O) groups is 9. The Balaban J connectivity index is 3.55. The van der Waals surface area contributed by atoms with Gasteiger partial charge in [-0.1, -0.05) is 45.7 Å². The van der Waals surface area contributed by atoms with Crippen LogP contribution in [-0.4, -0.2) is 135 Å². The molecule has 0 aliphatic carbocycles. The van der Waals surface area contributed by atoms with Crippen molar-refractivity contribution in [1.82, 2.24) is 21.3 Å². The molecule has 1 aromatic carbocycles. The number of aliphatic carboxylic acids is 1. The molecule has 0 unspecified atom stereocenters. The van der Waals surface area contributed by atoms with Gasteiger partial charge in [0.2, 0.25) is 29.5 Å². The van der Waals surface area contributed by atoms with Gasteiger partial charge < -0.3 is 58.9 Å². The largest absolute Gasteiger partial charge is 0.508 e. The number of rotatable bonds is 37. The van der Waals surface area contributed by atoms with E-state index < -0.39 is 133 Å². The van der Waals surface area contributed by atoms with E-state index >= 15 is 0 Å². The van der Waals surface area contributed by atoms with E-state index in [-0.39, 0.29) is 56.7 Å². The van der Waals surface area contributed by atoms with Crippen molar-refractivity contribution in [2.75, 3.05) is 31.7 Å². The van der Waals surface area contributed by atoms with Crippen molar-refractivity contribution in [1.29, 1.82) is 0 Å². The van der Waals surface area contributed by atoms with Crippen LogP contribution in [0, 0.1) is 29.6 Å². The summed E-state index contributed by atoms with van der Waals surface area (Å²) >= 11 is 1.40. The highest BCUT2D eigenvalue weighted by molar-refractivity contribution is 7.98. The second-order valence-corrected chi connectivity index (χ2v) is 18.9. The summed E-state index contributed by atoms with van der Waals surface area (Å²) in [6, 6.07) is 0.815. The fourth-order valence-corrected chi connectivity index (χ4v) is 7.86. The van der Waals surface area contributed by atoms with E-state index in [4.69, 9.17) is 17.2 Å². The third-order valence-electron chi connectivity index (χ3n) is 11.6. The average molecular weight is 980 g/mol. The van der Waals surface area contributed by atoms with Gasteiger partial charge in [-0.25, -0.2) is 0 Å². The fraction of sp³-hybridized carbons (Fsp3) is 0.681. The number of amides is 5. The number of Topliss-reactive ketones (excluding diaryl/α,β-unsaturated/α-hetero) is 3. The molecular formula is C47H77N7O13S. The Morgan fingerprint density at radius 3 is 1.57 bits per heavy atom. The molecule has 0 aromatic heterocycles. The number of unbranched alkanes of at least 4 members (excludes halogenated alkanes) is 2. The highest BCUT2D eigenvalue weighted by atomic mass is 32.2. The SMILES string of the molecule is CSCC[C@H](NC(=O)[C@@H](C)CO)C(=O)C[C@H](C(=O)N[C@@H](CC(=O)O)C(=O)C[C@@H](CCCCN)C(=O)N[C@@H](Cc1ccc(O)cc1)C(=O)C[C@@H](CCCCN)C(=O)N[C@@H](CC(C)C)C(N)=O)[C@@H](C)O. The van der Waals surface area contributed by atoms with Gasteiger partial charge in [0.25, 0.3) is 0 Å². The number of carboxylic acid groups (broad SMARTS) is 1. The number of primary amides is 1. The number of nitrogens with one attached hydrogen (secondary N) is 4. The molecule has 14 N–H and O–H groups in total. The van der Waals surface area contributed by atoms with E-state index in [9.17, 15) is 63.6 Å². The first-order valence-electron chi connectivity index (χ1n) is 23.3. The molecule has 0 heterocycles. The highest BCUT2D eigenvalue weighted by Gasteiger charge is 2.36. The Hall–Kier alpha value is -4.96. The lowest BCUT2D eigenvalue weighted by Gasteiger charge is -2.27. The maximum absolute atomic E-state index is 14.3. The van der Waals surface area contributed by atoms with Crippen LogP contribution in [0.3, 0.4) is 0 Å². The number of phenols is 1. The van der Waals surface area contributed by atoms with Crippen molar-refractivity contribution in [3.8, 4) is 5.75 Å². The monoisotopic (exact) mass is 980 g/mol. The summed E-state index contributed by atoms with van der Waals surface area (Å²) in [5.41, 5.74) is 17.6. The van der Waals surface area contributed by atoms with Crippen LogP contribution in [0.5, 0.6) is 5.75 Å². The van der Waals surface area contributed by atoms with Crippen molar-refractivity contribution in [3.05, 3.63) is 29.8 Å². The normalized spacial score (nSPS) is 15.3. The summed E-state index contributed by atoms with van der Waals surface area (Å²) in [4.78, 5) is 120. The van der Waals surface area contributed by atoms with Crippen molar-refractivity contribution < 1.29 is 63.6 Å². The van der Waals surface area contributed by atoms with Gasteiger partial charge >= 0.3 is 5.97 Å². The number of thioether (sulfide) groups is 1. The van der Waals surface area contributed by atoms with Crippen LogP contribution in [0.4, 0.5) is 0 Å². The summed E-state index contributed by atoms with van der Waals surface area (Å²) in [5.74, 6) is -11.2. The maximum atomic E-state index is 14.3. The molecule has 9 atom stereocenters. The van der Waals surface area contributed by atoms with Crippen LogP contribution in [0.1, 0.15) is 110 Å². The first-order valence-corrected chi connectivity index (χ1v) is 24.7. The van der Waals surface area contributed by atoms with Gasteiger partial charge in [-0.05, 0) is 101 Å². The van der Waals surface area contributed by atoms with Crippen LogP contribution in [0.2, 0.25) is 0 Å². The Labute approximate surface area is 403 Å². The topological polar surface area (TPSA) is 361 Å². The van der Waals surface area contributed by atoms with Gasteiger partial charge in [-0.15, -0.1) is 0 Å². The summed E-state index contributed by atoms with van der Waals surface area (Å²) in [6.45, 7) is 6.50. The molecule has 0 aliphatic rings. The second-order valence-electron chi connectivity index (χ2n) is 17.9. The minimum Gasteiger partial charge on any atom is -0.508 e. The zero-order valence-corrected chi connectivity index (χ0v) is 41.0. The molecule has 68 heavy (non-hydrogen) atoms. The number of ketones is 3. The van der Waals surface area contributed by atoms with E-state index in [1.54, 1.807) is 18.4 Å². The lowest BCUT2D eigenvalue weighted by Crippen LogP contribution is -2.51. The molecule has 0 fully saturated rings. The molecule has 0 aliphatic heterocycles.